The third kappa shape index (κ3) is 1.60. The predicted molar refractivity (Wildman–Crippen MR) is 38.7 cm³/mol. The molecule has 0 fully saturated rings. The van der Waals surface area contributed by atoms with Crippen LogP contribution in [0.3, 0.4) is 0 Å². The van der Waals surface area contributed by atoms with Gasteiger partial charge in [-0.2, -0.15) is 0 Å². The van der Waals surface area contributed by atoms with E-state index in [2.05, 4.69) is 9.97 Å². The van der Waals surface area contributed by atoms with Crippen LogP contribution in [0.5, 0.6) is 0 Å². The van der Waals surface area contributed by atoms with Crippen LogP contribution >= 0.6 is 0 Å². The van der Waals surface area contributed by atoms with Crippen LogP contribution in [0.4, 0.5) is 0 Å². The van der Waals surface area contributed by atoms with Crippen molar-refractivity contribution in [2.45, 2.75) is 12.2 Å². The maximum absolute atomic E-state index is 10.4. The van der Waals surface area contributed by atoms with Gasteiger partial charge in [0.05, 0.1) is 18.2 Å². The van der Waals surface area contributed by atoms with Gasteiger partial charge >= 0.3 is 0 Å². The van der Waals surface area contributed by atoms with Crippen LogP contribution in [0.15, 0.2) is 12.5 Å². The summed E-state index contributed by atoms with van der Waals surface area (Å²) in [5.41, 5.74) is 5.01. The third-order valence-corrected chi connectivity index (χ3v) is 1.43. The number of amides is 1. The van der Waals surface area contributed by atoms with Gasteiger partial charge in [-0.15, -0.1) is 0 Å². The van der Waals surface area contributed by atoms with Gasteiger partial charge in [0.2, 0.25) is 5.91 Å². The number of hydrogen-bond acceptors (Lipinski definition) is 4. The summed E-state index contributed by atoms with van der Waals surface area (Å²) in [6, 6.07) is 0. The Hall–Kier alpha value is -1.40. The summed E-state index contributed by atoms with van der Waals surface area (Å²) in [6.45, 7) is 0. The fourth-order valence-corrected chi connectivity index (χ4v) is 0.754. The predicted octanol–water partition coefficient (Wildman–Crippen LogP) is -1.71. The minimum absolute atomic E-state index is 0.251. The van der Waals surface area contributed by atoms with Crippen molar-refractivity contribution in [1.82, 2.24) is 9.97 Å². The molecule has 1 amide bonds. The second kappa shape index (κ2) is 3.33. The van der Waals surface area contributed by atoms with Gasteiger partial charge in [-0.3, -0.25) is 4.79 Å². The summed E-state index contributed by atoms with van der Waals surface area (Å²) in [6.07, 6.45) is -0.321. The summed E-state index contributed by atoms with van der Waals surface area (Å²) in [5.74, 6) is -0.975. The zero-order valence-corrected chi connectivity index (χ0v) is 6.14. The molecule has 6 heteroatoms. The van der Waals surface area contributed by atoms with E-state index in [1.807, 2.05) is 0 Å². The molecule has 0 spiro atoms. The molecular formula is C6H9N3O3. The number of aromatic amines is 1. The van der Waals surface area contributed by atoms with Crippen LogP contribution in [0.25, 0.3) is 0 Å². The van der Waals surface area contributed by atoms with Crippen molar-refractivity contribution in [2.75, 3.05) is 0 Å². The second-order valence-corrected chi connectivity index (χ2v) is 2.30. The van der Waals surface area contributed by atoms with E-state index in [0.717, 1.165) is 0 Å². The molecule has 0 aliphatic carbocycles. The molecule has 1 heterocycles. The first kappa shape index (κ1) is 8.69. The van der Waals surface area contributed by atoms with E-state index in [4.69, 9.17) is 10.8 Å². The van der Waals surface area contributed by atoms with Crippen LogP contribution in [0, 0.1) is 0 Å². The Morgan fingerprint density at radius 2 is 2.33 bits per heavy atom. The highest BCUT2D eigenvalue weighted by Crippen LogP contribution is 2.12. The second-order valence-electron chi connectivity index (χ2n) is 2.30. The zero-order chi connectivity index (χ0) is 9.14. The van der Waals surface area contributed by atoms with Crippen LogP contribution in [0.2, 0.25) is 0 Å². The van der Waals surface area contributed by atoms with E-state index in [-0.39, 0.29) is 5.69 Å². The molecule has 2 atom stereocenters. The number of carbonyl (C=O) groups excluding carboxylic acids is 1. The van der Waals surface area contributed by atoms with Crippen molar-refractivity contribution in [2.24, 2.45) is 5.73 Å². The average molecular weight is 171 g/mol. The largest absolute Gasteiger partial charge is 0.384 e. The lowest BCUT2D eigenvalue weighted by Gasteiger charge is -2.11. The Balaban J connectivity index is 2.71. The summed E-state index contributed by atoms with van der Waals surface area (Å²) >= 11 is 0. The van der Waals surface area contributed by atoms with Gasteiger partial charge in [-0.05, 0) is 0 Å². The number of hydrogen-bond donors (Lipinski definition) is 4. The number of primary amides is 1. The number of imidazole rings is 1. The third-order valence-electron chi connectivity index (χ3n) is 1.43. The number of aromatic nitrogens is 2. The monoisotopic (exact) mass is 171 g/mol. The molecule has 1 aromatic heterocycles. The van der Waals surface area contributed by atoms with Crippen LogP contribution < -0.4 is 5.73 Å². The first-order valence-corrected chi connectivity index (χ1v) is 3.26. The van der Waals surface area contributed by atoms with Gasteiger partial charge in [0.25, 0.3) is 0 Å². The van der Waals surface area contributed by atoms with Crippen molar-refractivity contribution >= 4 is 5.91 Å². The van der Waals surface area contributed by atoms with Crippen LogP contribution in [-0.4, -0.2) is 32.2 Å². The van der Waals surface area contributed by atoms with E-state index in [0.29, 0.717) is 0 Å². The molecule has 66 valence electrons. The molecule has 0 aliphatic rings. The van der Waals surface area contributed by atoms with E-state index in [9.17, 15) is 9.90 Å². The summed E-state index contributed by atoms with van der Waals surface area (Å²) < 4.78 is 0. The molecule has 0 radical (unpaired) electrons. The highest BCUT2D eigenvalue weighted by atomic mass is 16.3. The number of nitrogens with two attached hydrogens (primary N) is 1. The lowest BCUT2D eigenvalue weighted by Crippen LogP contribution is -2.33. The minimum atomic E-state index is -1.61. The summed E-state index contributed by atoms with van der Waals surface area (Å²) in [7, 11) is 0. The molecule has 0 bridgehead atoms. The van der Waals surface area contributed by atoms with Crippen molar-refractivity contribution in [1.29, 1.82) is 0 Å². The first-order chi connectivity index (χ1) is 5.63. The van der Waals surface area contributed by atoms with E-state index in [1.165, 1.54) is 12.5 Å². The highest BCUT2D eigenvalue weighted by Gasteiger charge is 2.23. The maximum Gasteiger partial charge on any atom is 0.249 e. The normalized spacial score (nSPS) is 15.5. The van der Waals surface area contributed by atoms with Crippen LogP contribution in [0.1, 0.15) is 11.8 Å². The standard InChI is InChI=1S/C6H9N3O3/c7-6(12)5(11)4(10)3-1-8-2-9-3/h1-2,4-5,10-11H,(H2,7,12)(H,8,9). The molecule has 1 rings (SSSR count). The SMILES string of the molecule is NC(=O)C(O)C(O)c1cnc[nH]1. The van der Waals surface area contributed by atoms with Gasteiger partial charge in [0, 0.05) is 0 Å². The number of nitrogens with one attached hydrogen (secondary N) is 1. The Bertz CT molecular complexity index is 259. The maximum atomic E-state index is 10.4. The van der Waals surface area contributed by atoms with E-state index < -0.39 is 18.1 Å². The molecule has 0 aromatic carbocycles. The highest BCUT2D eigenvalue weighted by molar-refractivity contribution is 5.79. The summed E-state index contributed by atoms with van der Waals surface area (Å²) in [5, 5.41) is 18.2. The fourth-order valence-electron chi connectivity index (χ4n) is 0.754. The van der Waals surface area contributed by atoms with E-state index in [1.54, 1.807) is 0 Å². The Morgan fingerprint density at radius 3 is 2.75 bits per heavy atom. The fraction of sp³-hybridized carbons (Fsp3) is 0.333. The Kier molecular flexibility index (Phi) is 2.41. The molecular weight excluding hydrogens is 162 g/mol. The molecule has 0 saturated heterocycles. The Morgan fingerprint density at radius 1 is 1.67 bits per heavy atom. The molecule has 5 N–H and O–H groups in total. The average Bonchev–Trinajstić information content (AvgIpc) is 2.53. The number of aliphatic hydroxyl groups excluding tert-OH is 2. The molecule has 6 nitrogen and oxygen atoms in total. The number of nitrogens with zero attached hydrogens (tertiary/aromatic N) is 1. The smallest absolute Gasteiger partial charge is 0.249 e. The van der Waals surface area contributed by atoms with Gasteiger partial charge < -0.3 is 20.9 Å². The van der Waals surface area contributed by atoms with E-state index >= 15 is 0 Å². The van der Waals surface area contributed by atoms with Crippen LogP contribution in [-0.2, 0) is 4.79 Å². The van der Waals surface area contributed by atoms with Crippen molar-refractivity contribution in [3.05, 3.63) is 18.2 Å². The molecule has 1 aromatic rings. The minimum Gasteiger partial charge on any atom is -0.384 e. The van der Waals surface area contributed by atoms with Gasteiger partial charge in [-0.25, -0.2) is 4.98 Å². The number of aliphatic hydroxyl groups is 2. The topological polar surface area (TPSA) is 112 Å². The summed E-state index contributed by atoms with van der Waals surface area (Å²) in [4.78, 5) is 16.6. The quantitative estimate of drug-likeness (QED) is 0.433. The van der Waals surface area contributed by atoms with Gasteiger partial charge in [0.15, 0.2) is 6.10 Å². The van der Waals surface area contributed by atoms with Gasteiger partial charge in [0.1, 0.15) is 6.10 Å². The van der Waals surface area contributed by atoms with Crippen molar-refractivity contribution in [3.8, 4) is 0 Å². The van der Waals surface area contributed by atoms with Crippen molar-refractivity contribution in [3.63, 3.8) is 0 Å². The molecule has 0 saturated carbocycles. The lowest BCUT2D eigenvalue weighted by atomic mass is 10.1. The van der Waals surface area contributed by atoms with Gasteiger partial charge in [-0.1, -0.05) is 0 Å². The first-order valence-electron chi connectivity index (χ1n) is 3.26. The number of carbonyl (C=O) groups is 1. The zero-order valence-electron chi connectivity index (χ0n) is 6.14. The molecule has 12 heavy (non-hydrogen) atoms. The number of rotatable bonds is 3. The number of H-pyrrole nitrogens is 1. The van der Waals surface area contributed by atoms with Crippen molar-refractivity contribution < 1.29 is 15.0 Å². The lowest BCUT2D eigenvalue weighted by molar-refractivity contribution is -0.132. The molecule has 0 aliphatic heterocycles. The Labute approximate surface area is 68.0 Å². The molecule has 2 unspecified atom stereocenters.